The summed E-state index contributed by atoms with van der Waals surface area (Å²) in [6.07, 6.45) is 0.662. The minimum atomic E-state index is -0.739. The molecule has 1 saturated heterocycles. The fourth-order valence-electron chi connectivity index (χ4n) is 1.82. The Morgan fingerprint density at radius 3 is 2.88 bits per heavy atom. The molecule has 2 rings (SSSR count). The van der Waals surface area contributed by atoms with Crippen molar-refractivity contribution in [1.29, 1.82) is 0 Å². The fourth-order valence-corrected chi connectivity index (χ4v) is 1.82. The quantitative estimate of drug-likeness (QED) is 0.565. The SMILES string of the molecule is [O-][n+]1ccccc1C(O)CN1CCOCC1. The molecule has 5 heteroatoms. The molecule has 1 aliphatic rings. The lowest BCUT2D eigenvalue weighted by atomic mass is 10.2. The number of pyridine rings is 1. The Labute approximate surface area is 94.5 Å². The molecule has 5 nitrogen and oxygen atoms in total. The predicted molar refractivity (Wildman–Crippen MR) is 57.6 cm³/mol. The van der Waals surface area contributed by atoms with Gasteiger partial charge in [-0.25, -0.2) is 0 Å². The van der Waals surface area contributed by atoms with Crippen LogP contribution in [0, 0.1) is 5.21 Å². The first-order chi connectivity index (χ1) is 7.77. The number of hydrogen-bond donors (Lipinski definition) is 1. The zero-order valence-corrected chi connectivity index (χ0v) is 9.08. The normalized spacial score (nSPS) is 19.6. The van der Waals surface area contributed by atoms with Gasteiger partial charge in [-0.2, -0.15) is 4.73 Å². The van der Waals surface area contributed by atoms with E-state index < -0.39 is 6.10 Å². The summed E-state index contributed by atoms with van der Waals surface area (Å²) in [7, 11) is 0. The zero-order valence-electron chi connectivity index (χ0n) is 9.08. The minimum Gasteiger partial charge on any atom is -0.618 e. The number of β-amino-alcohol motifs (C(OH)–C–C–N with tert-alkyl or cyclic N) is 1. The van der Waals surface area contributed by atoms with Gasteiger partial charge in [0.15, 0.2) is 12.3 Å². The Bertz CT molecular complexity index is 340. The lowest BCUT2D eigenvalue weighted by Crippen LogP contribution is -2.41. The number of aromatic nitrogens is 1. The summed E-state index contributed by atoms with van der Waals surface area (Å²) >= 11 is 0. The molecule has 1 fully saturated rings. The van der Waals surface area contributed by atoms with Crippen LogP contribution in [0.3, 0.4) is 0 Å². The van der Waals surface area contributed by atoms with Crippen LogP contribution in [0.2, 0.25) is 0 Å². The van der Waals surface area contributed by atoms with Gasteiger partial charge >= 0.3 is 0 Å². The highest BCUT2D eigenvalue weighted by Crippen LogP contribution is 2.10. The molecule has 0 bridgehead atoms. The predicted octanol–water partition coefficient (Wildman–Crippen LogP) is -0.314. The van der Waals surface area contributed by atoms with E-state index in [0.29, 0.717) is 30.2 Å². The molecule has 0 aliphatic carbocycles. The highest BCUT2D eigenvalue weighted by Gasteiger charge is 2.20. The molecule has 88 valence electrons. The number of aliphatic hydroxyl groups excluding tert-OH is 1. The van der Waals surface area contributed by atoms with E-state index in [9.17, 15) is 10.3 Å². The lowest BCUT2D eigenvalue weighted by Gasteiger charge is -2.27. The van der Waals surface area contributed by atoms with Gasteiger partial charge in [-0.05, 0) is 6.07 Å². The van der Waals surface area contributed by atoms with E-state index in [2.05, 4.69) is 4.90 Å². The van der Waals surface area contributed by atoms with Crippen LogP contribution >= 0.6 is 0 Å². The summed E-state index contributed by atoms with van der Waals surface area (Å²) in [5.74, 6) is 0. The highest BCUT2D eigenvalue weighted by molar-refractivity contribution is 5.01. The second-order valence-corrected chi connectivity index (χ2v) is 3.88. The van der Waals surface area contributed by atoms with E-state index in [1.54, 1.807) is 18.2 Å². The third kappa shape index (κ3) is 2.69. The first kappa shape index (κ1) is 11.3. The third-order valence-corrected chi connectivity index (χ3v) is 2.73. The van der Waals surface area contributed by atoms with Crippen molar-refractivity contribution in [3.8, 4) is 0 Å². The van der Waals surface area contributed by atoms with Crippen LogP contribution < -0.4 is 4.73 Å². The van der Waals surface area contributed by atoms with Crippen molar-refractivity contribution in [2.45, 2.75) is 6.10 Å². The van der Waals surface area contributed by atoms with Gasteiger partial charge in [-0.15, -0.1) is 0 Å². The second kappa shape index (κ2) is 5.25. The van der Waals surface area contributed by atoms with Gasteiger partial charge in [0.1, 0.15) is 0 Å². The van der Waals surface area contributed by atoms with Gasteiger partial charge < -0.3 is 15.1 Å². The van der Waals surface area contributed by atoms with Crippen molar-refractivity contribution in [1.82, 2.24) is 4.90 Å². The monoisotopic (exact) mass is 224 g/mol. The lowest BCUT2D eigenvalue weighted by molar-refractivity contribution is -0.618. The molecule has 16 heavy (non-hydrogen) atoms. The molecule has 0 aromatic carbocycles. The molecule has 0 saturated carbocycles. The van der Waals surface area contributed by atoms with Crippen LogP contribution in [0.4, 0.5) is 0 Å². The fraction of sp³-hybridized carbons (Fsp3) is 0.545. The van der Waals surface area contributed by atoms with Crippen molar-refractivity contribution in [3.63, 3.8) is 0 Å². The van der Waals surface area contributed by atoms with Crippen LogP contribution in [0.1, 0.15) is 11.8 Å². The topological polar surface area (TPSA) is 59.6 Å². The molecule has 1 aromatic rings. The smallest absolute Gasteiger partial charge is 0.222 e. The van der Waals surface area contributed by atoms with Crippen LogP contribution in [-0.4, -0.2) is 42.9 Å². The molecule has 0 radical (unpaired) electrons. The van der Waals surface area contributed by atoms with Crippen molar-refractivity contribution >= 4 is 0 Å². The summed E-state index contributed by atoms with van der Waals surface area (Å²) in [5, 5.41) is 21.4. The Kier molecular flexibility index (Phi) is 3.71. The Morgan fingerprint density at radius 2 is 2.19 bits per heavy atom. The highest BCUT2D eigenvalue weighted by atomic mass is 16.5. The number of hydrogen-bond acceptors (Lipinski definition) is 4. The molecule has 0 amide bonds. The minimum absolute atomic E-state index is 0.397. The molecule has 2 heterocycles. The number of aliphatic hydroxyl groups is 1. The maximum atomic E-state index is 11.4. The molecule has 1 unspecified atom stereocenters. The molecule has 0 spiro atoms. The number of nitrogens with zero attached hydrogens (tertiary/aromatic N) is 2. The van der Waals surface area contributed by atoms with Crippen LogP contribution in [-0.2, 0) is 4.74 Å². The molecule has 1 atom stereocenters. The molecule has 1 aliphatic heterocycles. The summed E-state index contributed by atoms with van der Waals surface area (Å²) < 4.78 is 5.93. The molecular weight excluding hydrogens is 208 g/mol. The Hall–Kier alpha value is -1.17. The number of ether oxygens (including phenoxy) is 1. The van der Waals surface area contributed by atoms with Gasteiger partial charge in [0.05, 0.1) is 13.2 Å². The van der Waals surface area contributed by atoms with E-state index in [1.165, 1.54) is 6.20 Å². The van der Waals surface area contributed by atoms with Crippen molar-refractivity contribution in [3.05, 3.63) is 35.3 Å². The van der Waals surface area contributed by atoms with Crippen molar-refractivity contribution in [2.24, 2.45) is 0 Å². The van der Waals surface area contributed by atoms with E-state index in [1.807, 2.05) is 0 Å². The largest absolute Gasteiger partial charge is 0.618 e. The Morgan fingerprint density at radius 1 is 1.44 bits per heavy atom. The first-order valence-corrected chi connectivity index (χ1v) is 5.43. The summed E-state index contributed by atoms with van der Waals surface area (Å²) in [5.41, 5.74) is 0.397. The number of morpholine rings is 1. The van der Waals surface area contributed by atoms with Gasteiger partial charge in [0.25, 0.3) is 0 Å². The second-order valence-electron chi connectivity index (χ2n) is 3.88. The zero-order chi connectivity index (χ0) is 11.4. The molecule has 1 aromatic heterocycles. The van der Waals surface area contributed by atoms with Crippen LogP contribution in [0.15, 0.2) is 24.4 Å². The average molecular weight is 224 g/mol. The van der Waals surface area contributed by atoms with Crippen molar-refractivity contribution < 1.29 is 14.6 Å². The van der Waals surface area contributed by atoms with Gasteiger partial charge in [0.2, 0.25) is 5.69 Å². The Balaban J connectivity index is 1.96. The molecule has 1 N–H and O–H groups in total. The summed E-state index contributed by atoms with van der Waals surface area (Å²) in [6.45, 7) is 3.49. The molecular formula is C11H16N2O3. The standard InChI is InChI=1S/C11H16N2O3/c14-11(9-12-5-7-16-8-6-12)10-3-1-2-4-13(10)15/h1-4,11,14H,5-9H2. The van der Waals surface area contributed by atoms with Crippen LogP contribution in [0.25, 0.3) is 0 Å². The maximum absolute atomic E-state index is 11.4. The number of rotatable bonds is 3. The van der Waals surface area contributed by atoms with Gasteiger partial charge in [-0.1, -0.05) is 0 Å². The maximum Gasteiger partial charge on any atom is 0.222 e. The van der Waals surface area contributed by atoms with E-state index >= 15 is 0 Å². The van der Waals surface area contributed by atoms with Crippen LogP contribution in [0.5, 0.6) is 0 Å². The van der Waals surface area contributed by atoms with Crippen molar-refractivity contribution in [2.75, 3.05) is 32.8 Å². The summed E-state index contributed by atoms with van der Waals surface area (Å²) in [4.78, 5) is 2.10. The van der Waals surface area contributed by atoms with Gasteiger partial charge in [0, 0.05) is 31.8 Å². The third-order valence-electron chi connectivity index (χ3n) is 2.73. The van der Waals surface area contributed by atoms with E-state index in [-0.39, 0.29) is 0 Å². The average Bonchev–Trinajstić information content (AvgIpc) is 2.31. The van der Waals surface area contributed by atoms with E-state index in [4.69, 9.17) is 4.74 Å². The van der Waals surface area contributed by atoms with E-state index in [0.717, 1.165) is 13.1 Å². The first-order valence-electron chi connectivity index (χ1n) is 5.43. The van der Waals surface area contributed by atoms with Gasteiger partial charge in [-0.3, -0.25) is 4.90 Å². The summed E-state index contributed by atoms with van der Waals surface area (Å²) in [6, 6.07) is 5.06.